The second-order valence-corrected chi connectivity index (χ2v) is 3.73. The van der Waals surface area contributed by atoms with Gasteiger partial charge in [0.25, 0.3) is 0 Å². The van der Waals surface area contributed by atoms with E-state index in [2.05, 4.69) is 4.98 Å². The molecule has 2 N–H and O–H groups in total. The van der Waals surface area contributed by atoms with E-state index < -0.39 is 17.7 Å². The number of nitrogens with two attached hydrogens (primary N) is 1. The molecular weight excluding hydrogens is 238 g/mol. The molecule has 5 heteroatoms. The van der Waals surface area contributed by atoms with Crippen LogP contribution in [0.1, 0.15) is 11.7 Å². The summed E-state index contributed by atoms with van der Waals surface area (Å²) < 4.78 is 31.5. The van der Waals surface area contributed by atoms with Crippen molar-refractivity contribution in [3.8, 4) is 5.75 Å². The van der Waals surface area contributed by atoms with Crippen molar-refractivity contribution in [2.75, 3.05) is 6.54 Å². The minimum absolute atomic E-state index is 0.111. The highest BCUT2D eigenvalue weighted by atomic mass is 19.1. The van der Waals surface area contributed by atoms with Crippen LogP contribution in [-0.4, -0.2) is 11.5 Å². The molecule has 0 bridgehead atoms. The molecule has 1 unspecified atom stereocenters. The molecule has 2 aromatic rings. The Hall–Kier alpha value is -2.01. The minimum atomic E-state index is -0.685. The molecule has 0 aliphatic rings. The summed E-state index contributed by atoms with van der Waals surface area (Å²) in [4.78, 5) is 3.88. The standard InChI is InChI=1S/C13H12F2N2O/c14-10-5-11(15)7-12(6-10)18-13(8-16)9-1-3-17-4-2-9/h1-7,13H,8,16H2. The number of hydrogen-bond donors (Lipinski definition) is 1. The van der Waals surface area contributed by atoms with Gasteiger partial charge in [0.05, 0.1) is 0 Å². The fraction of sp³-hybridized carbons (Fsp3) is 0.154. The molecule has 94 valence electrons. The topological polar surface area (TPSA) is 48.1 Å². The van der Waals surface area contributed by atoms with Gasteiger partial charge in [0.2, 0.25) is 0 Å². The lowest BCUT2D eigenvalue weighted by Crippen LogP contribution is -2.18. The molecule has 1 atom stereocenters. The first-order valence-electron chi connectivity index (χ1n) is 5.42. The third-order valence-electron chi connectivity index (χ3n) is 2.41. The molecule has 0 spiro atoms. The number of halogens is 2. The molecule has 1 heterocycles. The Morgan fingerprint density at radius 2 is 1.72 bits per heavy atom. The zero-order chi connectivity index (χ0) is 13.0. The molecule has 1 aromatic heterocycles. The van der Waals surface area contributed by atoms with Crippen LogP contribution in [0.2, 0.25) is 0 Å². The van der Waals surface area contributed by atoms with Crippen LogP contribution in [0.25, 0.3) is 0 Å². The minimum Gasteiger partial charge on any atom is -0.484 e. The maximum absolute atomic E-state index is 13.0. The average molecular weight is 250 g/mol. The highest BCUT2D eigenvalue weighted by Gasteiger charge is 2.12. The van der Waals surface area contributed by atoms with E-state index in [1.807, 2.05) is 0 Å². The van der Waals surface area contributed by atoms with Crippen molar-refractivity contribution in [1.82, 2.24) is 4.98 Å². The van der Waals surface area contributed by atoms with Gasteiger partial charge in [0.15, 0.2) is 0 Å². The molecule has 0 fully saturated rings. The van der Waals surface area contributed by atoms with Gasteiger partial charge in [-0.05, 0) is 17.7 Å². The van der Waals surface area contributed by atoms with E-state index in [0.29, 0.717) is 0 Å². The third kappa shape index (κ3) is 3.01. The lowest BCUT2D eigenvalue weighted by atomic mass is 10.1. The lowest BCUT2D eigenvalue weighted by molar-refractivity contribution is 0.212. The molecule has 0 amide bonds. The Kier molecular flexibility index (Phi) is 3.84. The summed E-state index contributed by atoms with van der Waals surface area (Å²) in [6, 6.07) is 6.51. The number of hydrogen-bond acceptors (Lipinski definition) is 3. The number of ether oxygens (including phenoxy) is 1. The number of pyridine rings is 1. The van der Waals surface area contributed by atoms with Crippen molar-refractivity contribution in [2.45, 2.75) is 6.10 Å². The summed E-state index contributed by atoms with van der Waals surface area (Å²) in [6.07, 6.45) is 2.75. The Labute approximate surface area is 103 Å². The Bertz CT molecular complexity index is 499. The van der Waals surface area contributed by atoms with Crippen molar-refractivity contribution in [3.05, 3.63) is 59.9 Å². The first-order valence-corrected chi connectivity index (χ1v) is 5.42. The van der Waals surface area contributed by atoms with Gasteiger partial charge in [-0.25, -0.2) is 8.78 Å². The number of nitrogens with zero attached hydrogens (tertiary/aromatic N) is 1. The largest absolute Gasteiger partial charge is 0.484 e. The van der Waals surface area contributed by atoms with Gasteiger partial charge in [-0.15, -0.1) is 0 Å². The second kappa shape index (κ2) is 5.55. The van der Waals surface area contributed by atoms with Crippen LogP contribution in [0.4, 0.5) is 8.78 Å². The van der Waals surface area contributed by atoms with Crippen molar-refractivity contribution >= 4 is 0 Å². The second-order valence-electron chi connectivity index (χ2n) is 3.73. The molecule has 2 rings (SSSR count). The van der Waals surface area contributed by atoms with Gasteiger partial charge in [-0.2, -0.15) is 0 Å². The fourth-order valence-corrected chi connectivity index (χ4v) is 1.59. The summed E-state index contributed by atoms with van der Waals surface area (Å²) in [6.45, 7) is 0.197. The van der Waals surface area contributed by atoms with Crippen molar-refractivity contribution in [3.63, 3.8) is 0 Å². The predicted molar refractivity (Wildman–Crippen MR) is 63.0 cm³/mol. The first kappa shape index (κ1) is 12.4. The van der Waals surface area contributed by atoms with Crippen LogP contribution >= 0.6 is 0 Å². The molecule has 0 saturated carbocycles. The molecule has 1 aromatic carbocycles. The van der Waals surface area contributed by atoms with Crippen LogP contribution < -0.4 is 10.5 Å². The maximum atomic E-state index is 13.0. The van der Waals surface area contributed by atoms with Crippen LogP contribution in [0.3, 0.4) is 0 Å². The lowest BCUT2D eigenvalue weighted by Gasteiger charge is -2.17. The van der Waals surface area contributed by atoms with Gasteiger partial charge >= 0.3 is 0 Å². The summed E-state index contributed by atoms with van der Waals surface area (Å²) in [5.41, 5.74) is 6.40. The van der Waals surface area contributed by atoms with Crippen LogP contribution in [0, 0.1) is 11.6 Å². The Morgan fingerprint density at radius 1 is 1.11 bits per heavy atom. The monoisotopic (exact) mass is 250 g/mol. The SMILES string of the molecule is NCC(Oc1cc(F)cc(F)c1)c1ccncc1. The molecule has 0 aliphatic carbocycles. The Balaban J connectivity index is 2.20. The Morgan fingerprint density at radius 3 is 2.28 bits per heavy atom. The van der Waals surface area contributed by atoms with E-state index >= 15 is 0 Å². The van der Waals surface area contributed by atoms with Gasteiger partial charge in [-0.3, -0.25) is 4.98 Å². The van der Waals surface area contributed by atoms with Gasteiger partial charge < -0.3 is 10.5 Å². The number of rotatable bonds is 4. The van der Waals surface area contributed by atoms with Crippen molar-refractivity contribution in [2.24, 2.45) is 5.73 Å². The van der Waals surface area contributed by atoms with Crippen molar-refractivity contribution in [1.29, 1.82) is 0 Å². The average Bonchev–Trinajstić information content (AvgIpc) is 2.36. The van der Waals surface area contributed by atoms with Crippen LogP contribution in [0.15, 0.2) is 42.7 Å². The zero-order valence-corrected chi connectivity index (χ0v) is 9.51. The van der Waals surface area contributed by atoms with E-state index in [4.69, 9.17) is 10.5 Å². The highest BCUT2D eigenvalue weighted by molar-refractivity contribution is 5.25. The smallest absolute Gasteiger partial charge is 0.136 e. The highest BCUT2D eigenvalue weighted by Crippen LogP contribution is 2.22. The van der Waals surface area contributed by atoms with Gasteiger partial charge in [0.1, 0.15) is 23.5 Å². The van der Waals surface area contributed by atoms with E-state index in [1.165, 1.54) is 0 Å². The van der Waals surface area contributed by atoms with E-state index in [-0.39, 0.29) is 12.3 Å². The van der Waals surface area contributed by atoms with Crippen molar-refractivity contribution < 1.29 is 13.5 Å². The van der Waals surface area contributed by atoms with Crippen LogP contribution in [0.5, 0.6) is 5.75 Å². The first-order chi connectivity index (χ1) is 8.69. The molecule has 0 radical (unpaired) electrons. The predicted octanol–water partition coefficient (Wildman–Crippen LogP) is 2.44. The maximum Gasteiger partial charge on any atom is 0.136 e. The van der Waals surface area contributed by atoms with E-state index in [9.17, 15) is 8.78 Å². The van der Waals surface area contributed by atoms with Gasteiger partial charge in [0, 0.05) is 37.1 Å². The quantitative estimate of drug-likeness (QED) is 0.906. The fourth-order valence-electron chi connectivity index (χ4n) is 1.59. The van der Waals surface area contributed by atoms with Gasteiger partial charge in [-0.1, -0.05) is 0 Å². The van der Waals surface area contributed by atoms with Crippen LogP contribution in [-0.2, 0) is 0 Å². The molecule has 3 nitrogen and oxygen atoms in total. The summed E-state index contributed by atoms with van der Waals surface area (Å²) in [7, 11) is 0. The molecule has 0 saturated heterocycles. The molecular formula is C13H12F2N2O. The molecule has 18 heavy (non-hydrogen) atoms. The van der Waals surface area contributed by atoms with E-state index in [1.54, 1.807) is 24.5 Å². The number of benzene rings is 1. The van der Waals surface area contributed by atoms with E-state index in [0.717, 1.165) is 23.8 Å². The summed E-state index contributed by atoms with van der Waals surface area (Å²) in [5, 5.41) is 0. The number of aromatic nitrogens is 1. The normalized spacial score (nSPS) is 12.2. The zero-order valence-electron chi connectivity index (χ0n) is 9.51. The molecule has 0 aliphatic heterocycles. The summed E-state index contributed by atoms with van der Waals surface area (Å²) in [5.74, 6) is -1.26. The summed E-state index contributed by atoms with van der Waals surface area (Å²) >= 11 is 0. The third-order valence-corrected chi connectivity index (χ3v) is 2.41.